The number of urea groups is 1. The minimum atomic E-state index is -0.0776. The van der Waals surface area contributed by atoms with E-state index in [4.69, 9.17) is 0 Å². The Morgan fingerprint density at radius 3 is 2.64 bits per heavy atom. The molecular weight excluding hydrogens is 178 g/mol. The fraction of sp³-hybridized carbons (Fsp3) is 0.900. The Labute approximate surface area is 86.0 Å². The van der Waals surface area contributed by atoms with E-state index in [-0.39, 0.29) is 6.03 Å². The molecule has 1 aliphatic rings. The molecule has 0 saturated carbocycles. The first-order chi connectivity index (χ1) is 6.83. The number of rotatable bonds is 5. The predicted molar refractivity (Wildman–Crippen MR) is 57.4 cm³/mol. The van der Waals surface area contributed by atoms with Crippen LogP contribution in [0.5, 0.6) is 0 Å². The van der Waals surface area contributed by atoms with Crippen LogP contribution in [0, 0.1) is 0 Å². The van der Waals surface area contributed by atoms with Crippen molar-refractivity contribution >= 4 is 6.03 Å². The zero-order valence-corrected chi connectivity index (χ0v) is 9.01. The van der Waals surface area contributed by atoms with Gasteiger partial charge in [-0.2, -0.15) is 0 Å². The molecule has 0 aliphatic carbocycles. The van der Waals surface area contributed by atoms with E-state index in [0.717, 1.165) is 13.0 Å². The van der Waals surface area contributed by atoms with Gasteiger partial charge in [-0.25, -0.2) is 4.79 Å². The van der Waals surface area contributed by atoms with E-state index in [9.17, 15) is 4.79 Å². The third kappa shape index (κ3) is 4.46. The van der Waals surface area contributed by atoms with Crippen molar-refractivity contribution in [1.29, 1.82) is 0 Å². The Kier molecular flexibility index (Phi) is 5.37. The summed E-state index contributed by atoms with van der Waals surface area (Å²) < 4.78 is 0. The number of carbonyl (C=O) groups excluding carboxylic acids is 1. The number of unbranched alkanes of at least 4 members (excludes halogenated alkanes) is 1. The van der Waals surface area contributed by atoms with E-state index in [1.807, 2.05) is 0 Å². The first-order valence-corrected chi connectivity index (χ1v) is 5.51. The van der Waals surface area contributed by atoms with Crippen LogP contribution in [0.1, 0.15) is 25.7 Å². The van der Waals surface area contributed by atoms with E-state index in [0.29, 0.717) is 0 Å². The van der Waals surface area contributed by atoms with Gasteiger partial charge in [-0.3, -0.25) is 0 Å². The first-order valence-electron chi connectivity index (χ1n) is 5.51. The molecule has 14 heavy (non-hydrogen) atoms. The van der Waals surface area contributed by atoms with Crippen molar-refractivity contribution in [3.05, 3.63) is 0 Å². The van der Waals surface area contributed by atoms with Gasteiger partial charge >= 0.3 is 6.03 Å². The molecule has 2 amide bonds. The predicted octanol–water partition coefficient (Wildman–Crippen LogP) is 0.791. The highest BCUT2D eigenvalue weighted by Gasteiger charge is 2.09. The van der Waals surface area contributed by atoms with Gasteiger partial charge in [0, 0.05) is 13.6 Å². The van der Waals surface area contributed by atoms with Crippen LogP contribution in [-0.2, 0) is 0 Å². The Morgan fingerprint density at radius 1 is 1.29 bits per heavy atom. The van der Waals surface area contributed by atoms with Gasteiger partial charge in [0.1, 0.15) is 0 Å². The van der Waals surface area contributed by atoms with Crippen LogP contribution in [0.2, 0.25) is 0 Å². The quantitative estimate of drug-likeness (QED) is 0.643. The number of amides is 2. The molecule has 82 valence electrons. The molecule has 0 atom stereocenters. The van der Waals surface area contributed by atoms with Gasteiger partial charge in [-0.1, -0.05) is 0 Å². The first kappa shape index (κ1) is 11.3. The van der Waals surface area contributed by atoms with Crippen LogP contribution in [0.25, 0.3) is 0 Å². The molecule has 0 aromatic carbocycles. The lowest BCUT2D eigenvalue weighted by atomic mass is 10.3. The maximum Gasteiger partial charge on any atom is 0.314 e. The van der Waals surface area contributed by atoms with Crippen LogP contribution in [0.15, 0.2) is 0 Å². The van der Waals surface area contributed by atoms with Crippen LogP contribution >= 0.6 is 0 Å². The number of nitrogens with one attached hydrogen (secondary N) is 2. The van der Waals surface area contributed by atoms with Gasteiger partial charge < -0.3 is 15.5 Å². The monoisotopic (exact) mass is 199 g/mol. The molecule has 4 heteroatoms. The van der Waals surface area contributed by atoms with Crippen molar-refractivity contribution in [1.82, 2.24) is 15.5 Å². The Morgan fingerprint density at radius 2 is 2.00 bits per heavy atom. The highest BCUT2D eigenvalue weighted by atomic mass is 16.2. The summed E-state index contributed by atoms with van der Waals surface area (Å²) in [5.74, 6) is 0. The lowest BCUT2D eigenvalue weighted by Crippen LogP contribution is -2.33. The van der Waals surface area contributed by atoms with Crippen LogP contribution in [0.4, 0.5) is 4.79 Å². The molecule has 1 heterocycles. The second kappa shape index (κ2) is 6.65. The molecule has 1 saturated heterocycles. The minimum Gasteiger partial charge on any atom is -0.341 e. The summed E-state index contributed by atoms with van der Waals surface area (Å²) in [6, 6.07) is -0.0776. The van der Waals surface area contributed by atoms with Crippen LogP contribution in [0.3, 0.4) is 0 Å². The molecule has 0 aromatic heterocycles. The third-order valence-corrected chi connectivity index (χ3v) is 2.61. The summed E-state index contributed by atoms with van der Waals surface area (Å²) in [6.07, 6.45) is 4.97. The summed E-state index contributed by atoms with van der Waals surface area (Å²) in [7, 11) is 1.64. The molecule has 0 unspecified atom stereocenters. The third-order valence-electron chi connectivity index (χ3n) is 2.61. The van der Waals surface area contributed by atoms with Gasteiger partial charge in [0.2, 0.25) is 0 Å². The number of likely N-dealkylation sites (tertiary alicyclic amines) is 1. The molecule has 0 aromatic rings. The van der Waals surface area contributed by atoms with Crippen molar-refractivity contribution in [3.63, 3.8) is 0 Å². The number of hydrogen-bond acceptors (Lipinski definition) is 2. The molecule has 0 bridgehead atoms. The maximum atomic E-state index is 10.8. The standard InChI is InChI=1S/C10H21N3O/c1-11-10(14)12-6-2-3-7-13-8-4-5-9-13/h2-9H2,1H3,(H2,11,12,14). The van der Waals surface area contributed by atoms with Gasteiger partial charge in [-0.05, 0) is 45.3 Å². The summed E-state index contributed by atoms with van der Waals surface area (Å²) in [5.41, 5.74) is 0. The lowest BCUT2D eigenvalue weighted by molar-refractivity contribution is 0.242. The largest absolute Gasteiger partial charge is 0.341 e. The van der Waals surface area contributed by atoms with E-state index in [1.165, 1.54) is 38.9 Å². The average Bonchev–Trinajstić information content (AvgIpc) is 2.69. The lowest BCUT2D eigenvalue weighted by Gasteiger charge is -2.13. The van der Waals surface area contributed by atoms with Crippen molar-refractivity contribution < 1.29 is 4.79 Å². The number of hydrogen-bond donors (Lipinski definition) is 2. The van der Waals surface area contributed by atoms with E-state index < -0.39 is 0 Å². The zero-order valence-electron chi connectivity index (χ0n) is 9.01. The van der Waals surface area contributed by atoms with Crippen LogP contribution in [-0.4, -0.2) is 44.2 Å². The summed E-state index contributed by atoms with van der Waals surface area (Å²) >= 11 is 0. The summed E-state index contributed by atoms with van der Waals surface area (Å²) in [5, 5.41) is 5.33. The van der Waals surface area contributed by atoms with E-state index >= 15 is 0 Å². The Hall–Kier alpha value is -0.770. The summed E-state index contributed by atoms with van der Waals surface area (Å²) in [4.78, 5) is 13.3. The van der Waals surface area contributed by atoms with Gasteiger partial charge in [0.15, 0.2) is 0 Å². The molecule has 1 aliphatic heterocycles. The maximum absolute atomic E-state index is 10.8. The average molecular weight is 199 g/mol. The van der Waals surface area contributed by atoms with Crippen molar-refractivity contribution in [3.8, 4) is 0 Å². The Bertz CT molecular complexity index is 167. The van der Waals surface area contributed by atoms with Crippen molar-refractivity contribution in [2.24, 2.45) is 0 Å². The van der Waals surface area contributed by atoms with Crippen LogP contribution < -0.4 is 10.6 Å². The molecule has 0 spiro atoms. The molecular formula is C10H21N3O. The van der Waals surface area contributed by atoms with E-state index in [1.54, 1.807) is 7.05 Å². The minimum absolute atomic E-state index is 0.0776. The number of carbonyl (C=O) groups is 1. The Balaban J connectivity index is 1.86. The molecule has 4 nitrogen and oxygen atoms in total. The molecule has 0 radical (unpaired) electrons. The van der Waals surface area contributed by atoms with Gasteiger partial charge in [0.05, 0.1) is 0 Å². The van der Waals surface area contributed by atoms with Crippen molar-refractivity contribution in [2.75, 3.05) is 33.2 Å². The SMILES string of the molecule is CNC(=O)NCCCCN1CCCC1. The van der Waals surface area contributed by atoms with Crippen molar-refractivity contribution in [2.45, 2.75) is 25.7 Å². The fourth-order valence-corrected chi connectivity index (χ4v) is 1.76. The second-order valence-corrected chi connectivity index (χ2v) is 3.76. The van der Waals surface area contributed by atoms with Gasteiger partial charge in [-0.15, -0.1) is 0 Å². The fourth-order valence-electron chi connectivity index (χ4n) is 1.76. The topological polar surface area (TPSA) is 44.4 Å². The van der Waals surface area contributed by atoms with Gasteiger partial charge in [0.25, 0.3) is 0 Å². The van der Waals surface area contributed by atoms with E-state index in [2.05, 4.69) is 15.5 Å². The zero-order chi connectivity index (χ0) is 10.2. The summed E-state index contributed by atoms with van der Waals surface area (Å²) in [6.45, 7) is 4.51. The highest BCUT2D eigenvalue weighted by Crippen LogP contribution is 2.07. The highest BCUT2D eigenvalue weighted by molar-refractivity contribution is 5.73. The second-order valence-electron chi connectivity index (χ2n) is 3.76. The smallest absolute Gasteiger partial charge is 0.314 e. The molecule has 1 fully saturated rings. The number of nitrogens with zero attached hydrogens (tertiary/aromatic N) is 1. The molecule has 1 rings (SSSR count). The normalized spacial score (nSPS) is 16.9. The molecule has 2 N–H and O–H groups in total.